The highest BCUT2D eigenvalue weighted by Gasteiger charge is 2.32. The third kappa shape index (κ3) is 9.10. The molecule has 0 saturated carbocycles. The summed E-state index contributed by atoms with van der Waals surface area (Å²) >= 11 is 0. The molecule has 0 spiro atoms. The summed E-state index contributed by atoms with van der Waals surface area (Å²) in [6, 6.07) is 72.4. The number of fused-ring (bicyclic) bond motifs is 6. The zero-order valence-electron chi connectivity index (χ0n) is 48.0. The SMILES string of the molecule is Cc1ccc(-c2ccc3c(c2)c2cc(-c4ccc(C)cc4C)ccc2n3-c2cc(C#N)ccc2-c2ccc(-c3ccc(C(F)(F)F)cc3C#N)cc2-n2c3ccc(-c4ccc(C)cc4C)cc3c3cc(-c4ccc(C)cc4C)ccc32)c(C)c1. The van der Waals surface area contributed by atoms with E-state index in [1.807, 2.05) is 36.4 Å². The van der Waals surface area contributed by atoms with Gasteiger partial charge in [0.05, 0.1) is 62.3 Å². The number of rotatable bonds is 8. The lowest BCUT2D eigenvalue weighted by atomic mass is 9.93. The van der Waals surface area contributed by atoms with Gasteiger partial charge in [-0.05, 0) is 212 Å². The Hall–Kier alpha value is -10.2. The zero-order valence-corrected chi connectivity index (χ0v) is 48.0. The summed E-state index contributed by atoms with van der Waals surface area (Å²) in [5, 5.41) is 25.5. The Labute approximate surface area is 487 Å². The van der Waals surface area contributed by atoms with E-state index in [4.69, 9.17) is 0 Å². The van der Waals surface area contributed by atoms with Gasteiger partial charge in [-0.1, -0.05) is 144 Å². The minimum Gasteiger partial charge on any atom is -0.309 e. The van der Waals surface area contributed by atoms with Crippen LogP contribution in [0.5, 0.6) is 0 Å². The van der Waals surface area contributed by atoms with Crippen molar-refractivity contribution in [1.82, 2.24) is 9.13 Å². The summed E-state index contributed by atoms with van der Waals surface area (Å²) in [4.78, 5) is 0. The Morgan fingerprint density at radius 3 is 0.976 bits per heavy atom. The normalized spacial score (nSPS) is 11.7. The molecule has 0 fully saturated rings. The topological polar surface area (TPSA) is 57.4 Å². The lowest BCUT2D eigenvalue weighted by molar-refractivity contribution is -0.137. The number of aryl methyl sites for hydroxylation is 8. The maximum atomic E-state index is 14.3. The van der Waals surface area contributed by atoms with E-state index in [1.165, 1.54) is 39.4 Å². The van der Waals surface area contributed by atoms with Crippen LogP contribution in [-0.2, 0) is 6.18 Å². The van der Waals surface area contributed by atoms with Gasteiger partial charge in [-0.2, -0.15) is 23.7 Å². The summed E-state index contributed by atoms with van der Waals surface area (Å²) in [6.07, 6.45) is -4.64. The highest BCUT2D eigenvalue weighted by atomic mass is 19.4. The molecule has 0 aliphatic rings. The van der Waals surface area contributed by atoms with Gasteiger partial charge < -0.3 is 9.13 Å². The number of aromatic nitrogens is 2. The van der Waals surface area contributed by atoms with Gasteiger partial charge in [0.25, 0.3) is 0 Å². The van der Waals surface area contributed by atoms with Crippen LogP contribution in [-0.4, -0.2) is 9.13 Å². The first kappa shape index (κ1) is 53.1. The van der Waals surface area contributed by atoms with Gasteiger partial charge in [-0.25, -0.2) is 0 Å². The smallest absolute Gasteiger partial charge is 0.309 e. The fraction of sp³-hybridized carbons (Fsp3) is 0.117. The molecule has 0 saturated heterocycles. The monoisotopic (exact) mass is 1090 g/mol. The Kier molecular flexibility index (Phi) is 12.9. The summed E-state index contributed by atoms with van der Waals surface area (Å²) in [5.41, 5.74) is 25.5. The van der Waals surface area contributed by atoms with E-state index in [1.54, 1.807) is 0 Å². The number of hydrogen-bond donors (Lipinski definition) is 0. The first-order chi connectivity index (χ1) is 40.4. The molecular weight excluding hydrogens is 1040 g/mol. The van der Waals surface area contributed by atoms with Crippen LogP contribution in [0.1, 0.15) is 61.2 Å². The zero-order chi connectivity index (χ0) is 58.5. The Bertz CT molecular complexity index is 4790. The molecule has 13 rings (SSSR count). The van der Waals surface area contributed by atoms with Crippen molar-refractivity contribution in [3.8, 4) is 90.3 Å². The number of benzene rings is 11. The van der Waals surface area contributed by atoms with Crippen LogP contribution in [0.2, 0.25) is 0 Å². The quantitative estimate of drug-likeness (QED) is 0.152. The van der Waals surface area contributed by atoms with E-state index in [2.05, 4.69) is 222 Å². The van der Waals surface area contributed by atoms with Crippen LogP contribution in [0.15, 0.2) is 200 Å². The summed E-state index contributed by atoms with van der Waals surface area (Å²) < 4.78 is 47.4. The fourth-order valence-electron chi connectivity index (χ4n) is 13.0. The second kappa shape index (κ2) is 20.3. The van der Waals surface area contributed by atoms with Crippen LogP contribution in [0.3, 0.4) is 0 Å². The van der Waals surface area contributed by atoms with Crippen molar-refractivity contribution in [1.29, 1.82) is 10.5 Å². The number of alkyl halides is 3. The first-order valence-corrected chi connectivity index (χ1v) is 28.2. The van der Waals surface area contributed by atoms with E-state index in [9.17, 15) is 23.7 Å². The van der Waals surface area contributed by atoms with E-state index >= 15 is 0 Å². The maximum absolute atomic E-state index is 14.3. The largest absolute Gasteiger partial charge is 0.416 e. The van der Waals surface area contributed by atoms with Gasteiger partial charge in [-0.3, -0.25) is 0 Å². The minimum absolute atomic E-state index is 0.0910. The maximum Gasteiger partial charge on any atom is 0.416 e. The molecule has 0 amide bonds. The lowest BCUT2D eigenvalue weighted by Crippen LogP contribution is -2.05. The minimum atomic E-state index is -4.64. The van der Waals surface area contributed by atoms with E-state index in [0.717, 1.165) is 134 Å². The Balaban J connectivity index is 1.13. The first-order valence-electron chi connectivity index (χ1n) is 28.2. The predicted octanol–water partition coefficient (Wildman–Crippen LogP) is 21.1. The molecule has 84 heavy (non-hydrogen) atoms. The Morgan fingerprint density at radius 1 is 0.310 bits per heavy atom. The number of nitriles is 2. The fourth-order valence-corrected chi connectivity index (χ4v) is 13.0. The van der Waals surface area contributed by atoms with Crippen LogP contribution < -0.4 is 0 Å². The molecule has 0 atom stereocenters. The third-order valence-electron chi connectivity index (χ3n) is 17.0. The Morgan fingerprint density at radius 2 is 0.631 bits per heavy atom. The van der Waals surface area contributed by atoms with Crippen LogP contribution in [0.4, 0.5) is 13.2 Å². The van der Waals surface area contributed by atoms with E-state index in [0.29, 0.717) is 16.7 Å². The van der Waals surface area contributed by atoms with Crippen molar-refractivity contribution in [3.05, 3.63) is 261 Å². The average molecular weight is 1100 g/mol. The van der Waals surface area contributed by atoms with Crippen LogP contribution in [0.25, 0.3) is 122 Å². The molecule has 13 aromatic rings. The van der Waals surface area contributed by atoms with Gasteiger partial charge in [0, 0.05) is 32.7 Å². The van der Waals surface area contributed by atoms with Gasteiger partial charge in [0.1, 0.15) is 0 Å². The molecule has 0 unspecified atom stereocenters. The van der Waals surface area contributed by atoms with Gasteiger partial charge in [0.2, 0.25) is 0 Å². The van der Waals surface area contributed by atoms with E-state index in [-0.39, 0.29) is 5.56 Å². The number of hydrogen-bond acceptors (Lipinski definition) is 2. The van der Waals surface area contributed by atoms with Crippen molar-refractivity contribution < 1.29 is 13.2 Å². The van der Waals surface area contributed by atoms with Gasteiger partial charge in [-0.15, -0.1) is 0 Å². The van der Waals surface area contributed by atoms with Crippen LogP contribution in [0, 0.1) is 78.1 Å². The predicted molar refractivity (Wildman–Crippen MR) is 340 cm³/mol. The van der Waals surface area contributed by atoms with Crippen molar-refractivity contribution in [3.63, 3.8) is 0 Å². The third-order valence-corrected chi connectivity index (χ3v) is 17.0. The molecular formula is C77H57F3N4. The van der Waals surface area contributed by atoms with E-state index < -0.39 is 11.7 Å². The molecule has 0 radical (unpaired) electrons. The second-order valence-corrected chi connectivity index (χ2v) is 22.8. The molecule has 2 heterocycles. The summed E-state index contributed by atoms with van der Waals surface area (Å²) in [7, 11) is 0. The molecule has 2 aromatic heterocycles. The molecule has 11 aromatic carbocycles. The molecule has 0 aliphatic carbocycles. The van der Waals surface area contributed by atoms with Crippen LogP contribution >= 0.6 is 0 Å². The molecule has 0 bridgehead atoms. The summed E-state index contributed by atoms with van der Waals surface area (Å²) in [5.74, 6) is 0. The van der Waals surface area contributed by atoms with Gasteiger partial charge in [0.15, 0.2) is 0 Å². The molecule has 406 valence electrons. The van der Waals surface area contributed by atoms with Crippen molar-refractivity contribution in [2.45, 2.75) is 61.6 Å². The highest BCUT2D eigenvalue weighted by molar-refractivity contribution is 6.14. The molecule has 0 aliphatic heterocycles. The van der Waals surface area contributed by atoms with Crippen molar-refractivity contribution in [2.75, 3.05) is 0 Å². The number of halogens is 3. The highest BCUT2D eigenvalue weighted by Crippen LogP contribution is 2.46. The molecule has 4 nitrogen and oxygen atoms in total. The number of nitrogens with zero attached hydrogens (tertiary/aromatic N) is 4. The second-order valence-electron chi connectivity index (χ2n) is 22.8. The molecule has 7 heteroatoms. The van der Waals surface area contributed by atoms with Crippen molar-refractivity contribution in [2.24, 2.45) is 0 Å². The average Bonchev–Trinajstić information content (AvgIpc) is 1.69. The standard InChI is InChI=1S/C77H57F3N4/c1-44-9-20-60(48(5)31-44)53-15-27-71-67(37-53)68-38-54(61-21-10-45(2)32-49(61)6)16-28-72(68)83(71)75-35-52(42-81)13-24-65(75)66-25-14-57(64-26-19-59(77(78,79)80)36-58(64)43-82)41-76(66)84-73-29-17-55(62-22-11-46(3)33-50(62)7)39-69(73)70-40-56(18-30-74(70)84)63-23-12-47(4)34-51(63)8/h9-41H,1-8H3. The van der Waals surface area contributed by atoms with Crippen molar-refractivity contribution >= 4 is 43.6 Å². The molecule has 0 N–H and O–H groups in total. The van der Waals surface area contributed by atoms with Gasteiger partial charge >= 0.3 is 6.18 Å². The summed E-state index contributed by atoms with van der Waals surface area (Å²) in [6.45, 7) is 17.0. The lowest BCUT2D eigenvalue weighted by Gasteiger charge is -2.20.